The van der Waals surface area contributed by atoms with Gasteiger partial charge in [0.1, 0.15) is 0 Å². The first-order valence-electron chi connectivity index (χ1n) is 7.23. The summed E-state index contributed by atoms with van der Waals surface area (Å²) in [6.07, 6.45) is 0. The van der Waals surface area contributed by atoms with Crippen LogP contribution in [0.1, 0.15) is 16.5 Å². The Bertz CT molecular complexity index is 647. The van der Waals surface area contributed by atoms with Crippen molar-refractivity contribution in [1.82, 2.24) is 10.2 Å². The number of ether oxygens (including phenoxy) is 1. The van der Waals surface area contributed by atoms with Crippen LogP contribution >= 0.6 is 35.3 Å². The molecule has 1 saturated heterocycles. The Morgan fingerprint density at radius 2 is 2.00 bits per heavy atom. The molecular formula is C16H19Cl2FN2OS. The van der Waals surface area contributed by atoms with E-state index < -0.39 is 0 Å². The Kier molecular flexibility index (Phi) is 6.68. The van der Waals surface area contributed by atoms with E-state index in [9.17, 15) is 4.39 Å². The molecule has 7 heteroatoms. The van der Waals surface area contributed by atoms with E-state index in [4.69, 9.17) is 16.3 Å². The molecule has 1 atom stereocenters. The van der Waals surface area contributed by atoms with E-state index in [0.717, 1.165) is 41.0 Å². The molecule has 0 aliphatic carbocycles. The van der Waals surface area contributed by atoms with Crippen molar-refractivity contribution < 1.29 is 9.13 Å². The summed E-state index contributed by atoms with van der Waals surface area (Å²) in [6.45, 7) is 3.65. The maximum Gasteiger partial charge on any atom is 0.165 e. The molecule has 1 aromatic heterocycles. The van der Waals surface area contributed by atoms with Crippen molar-refractivity contribution in [3.8, 4) is 5.75 Å². The van der Waals surface area contributed by atoms with E-state index in [0.29, 0.717) is 5.75 Å². The van der Waals surface area contributed by atoms with Crippen molar-refractivity contribution in [2.45, 2.75) is 6.04 Å². The highest BCUT2D eigenvalue weighted by atomic mass is 35.5. The number of para-hydroxylation sites is 1. The second-order valence-corrected chi connectivity index (χ2v) is 6.94. The van der Waals surface area contributed by atoms with Gasteiger partial charge in [0.05, 0.1) is 17.5 Å². The molecule has 23 heavy (non-hydrogen) atoms. The first kappa shape index (κ1) is 18.5. The van der Waals surface area contributed by atoms with Gasteiger partial charge in [0, 0.05) is 36.6 Å². The van der Waals surface area contributed by atoms with Crippen LogP contribution in [-0.2, 0) is 0 Å². The van der Waals surface area contributed by atoms with Gasteiger partial charge in [-0.2, -0.15) is 0 Å². The third kappa shape index (κ3) is 3.98. The summed E-state index contributed by atoms with van der Waals surface area (Å²) in [5, 5.41) is 3.35. The van der Waals surface area contributed by atoms with E-state index in [2.05, 4.69) is 10.2 Å². The number of piperazine rings is 1. The minimum atomic E-state index is -0.331. The number of nitrogens with zero attached hydrogens (tertiary/aromatic N) is 1. The van der Waals surface area contributed by atoms with Gasteiger partial charge in [-0.3, -0.25) is 4.90 Å². The lowest BCUT2D eigenvalue weighted by molar-refractivity contribution is 0.197. The lowest BCUT2D eigenvalue weighted by Gasteiger charge is -2.35. The van der Waals surface area contributed by atoms with E-state index in [-0.39, 0.29) is 24.3 Å². The number of hydrogen-bond donors (Lipinski definition) is 1. The summed E-state index contributed by atoms with van der Waals surface area (Å²) in [7, 11) is 1.51. The third-order valence-corrected chi connectivity index (χ3v) is 5.16. The van der Waals surface area contributed by atoms with Crippen molar-refractivity contribution in [2.24, 2.45) is 0 Å². The van der Waals surface area contributed by atoms with Gasteiger partial charge >= 0.3 is 0 Å². The molecule has 0 radical (unpaired) electrons. The van der Waals surface area contributed by atoms with Gasteiger partial charge in [-0.1, -0.05) is 23.7 Å². The van der Waals surface area contributed by atoms with E-state index >= 15 is 0 Å². The molecule has 126 valence electrons. The van der Waals surface area contributed by atoms with Crippen LogP contribution in [-0.4, -0.2) is 38.2 Å². The van der Waals surface area contributed by atoms with Gasteiger partial charge < -0.3 is 10.1 Å². The molecule has 3 nitrogen and oxygen atoms in total. The van der Waals surface area contributed by atoms with Gasteiger partial charge in [-0.05, 0) is 18.2 Å². The molecular weight excluding hydrogens is 358 g/mol. The summed E-state index contributed by atoms with van der Waals surface area (Å²) in [5.74, 6) is -0.0154. The van der Waals surface area contributed by atoms with E-state index in [1.807, 2.05) is 18.2 Å². The van der Waals surface area contributed by atoms with Crippen molar-refractivity contribution in [3.63, 3.8) is 0 Å². The summed E-state index contributed by atoms with van der Waals surface area (Å²) >= 11 is 7.65. The van der Waals surface area contributed by atoms with E-state index in [1.165, 1.54) is 24.5 Å². The first-order valence-corrected chi connectivity index (χ1v) is 8.42. The minimum absolute atomic E-state index is 0. The molecule has 0 saturated carbocycles. The lowest BCUT2D eigenvalue weighted by atomic mass is 10.0. The Labute approximate surface area is 150 Å². The summed E-state index contributed by atoms with van der Waals surface area (Å²) < 4.78 is 20.2. The van der Waals surface area contributed by atoms with E-state index in [1.54, 1.807) is 6.07 Å². The fraction of sp³-hybridized carbons (Fsp3) is 0.375. The van der Waals surface area contributed by atoms with Crippen LogP contribution in [0.25, 0.3) is 0 Å². The van der Waals surface area contributed by atoms with Crippen LogP contribution < -0.4 is 10.1 Å². The van der Waals surface area contributed by atoms with Gasteiger partial charge in [-0.15, -0.1) is 23.7 Å². The predicted octanol–water partition coefficient (Wildman–Crippen LogP) is 3.97. The summed E-state index contributed by atoms with van der Waals surface area (Å²) in [5.41, 5.74) is 0.850. The number of nitrogens with one attached hydrogen (secondary N) is 1. The molecule has 2 aromatic rings. The Hall–Kier alpha value is -0.850. The van der Waals surface area contributed by atoms with Crippen LogP contribution in [0.3, 0.4) is 0 Å². The molecule has 1 N–H and O–H groups in total. The van der Waals surface area contributed by atoms with Crippen molar-refractivity contribution in [2.75, 3.05) is 33.3 Å². The summed E-state index contributed by atoms with van der Waals surface area (Å²) in [4.78, 5) is 3.45. The third-order valence-electron chi connectivity index (χ3n) is 3.88. The zero-order valence-electron chi connectivity index (χ0n) is 12.7. The topological polar surface area (TPSA) is 24.5 Å². The van der Waals surface area contributed by atoms with Gasteiger partial charge in [0.15, 0.2) is 11.6 Å². The molecule has 0 unspecified atom stereocenters. The zero-order valence-corrected chi connectivity index (χ0v) is 15.1. The second kappa shape index (κ2) is 8.31. The van der Waals surface area contributed by atoms with Crippen molar-refractivity contribution >= 4 is 35.3 Å². The summed E-state index contributed by atoms with van der Waals surface area (Å²) in [6, 6.07) is 8.97. The fourth-order valence-electron chi connectivity index (χ4n) is 2.90. The largest absolute Gasteiger partial charge is 0.493 e. The Morgan fingerprint density at radius 1 is 1.26 bits per heavy atom. The predicted molar refractivity (Wildman–Crippen MR) is 95.8 cm³/mol. The molecule has 1 aliphatic heterocycles. The maximum absolute atomic E-state index is 14.1. The molecule has 1 aliphatic rings. The maximum atomic E-state index is 14.1. The molecule has 1 fully saturated rings. The molecule has 1 aromatic carbocycles. The van der Waals surface area contributed by atoms with Crippen LogP contribution in [0, 0.1) is 5.82 Å². The second-order valence-electron chi connectivity index (χ2n) is 5.19. The number of rotatable bonds is 4. The number of halogens is 3. The monoisotopic (exact) mass is 376 g/mol. The van der Waals surface area contributed by atoms with Crippen LogP contribution in [0.15, 0.2) is 30.3 Å². The van der Waals surface area contributed by atoms with Gasteiger partial charge in [-0.25, -0.2) is 4.39 Å². The molecule has 3 rings (SSSR count). The first-order chi connectivity index (χ1) is 10.7. The Morgan fingerprint density at radius 3 is 2.61 bits per heavy atom. The normalized spacial score (nSPS) is 16.7. The number of thiophene rings is 1. The quantitative estimate of drug-likeness (QED) is 0.873. The van der Waals surface area contributed by atoms with Crippen molar-refractivity contribution in [3.05, 3.63) is 50.9 Å². The van der Waals surface area contributed by atoms with Crippen LogP contribution in [0.4, 0.5) is 4.39 Å². The number of hydrogen-bond acceptors (Lipinski definition) is 4. The highest BCUT2D eigenvalue weighted by Crippen LogP contribution is 2.40. The molecule has 0 amide bonds. The smallest absolute Gasteiger partial charge is 0.165 e. The SMILES string of the molecule is COc1c(F)cccc1[C@H](c1ccc(Cl)s1)N1CCNCC1.Cl. The van der Waals surface area contributed by atoms with Gasteiger partial charge in [0.25, 0.3) is 0 Å². The standard InChI is InChI=1S/C16H18ClFN2OS.ClH/c1-21-16-11(3-2-4-12(16)18)15(13-5-6-14(17)22-13)20-9-7-19-8-10-20;/h2-6,15,19H,7-10H2,1H3;1H/t15-;/m1./s1. The zero-order chi connectivity index (χ0) is 15.5. The van der Waals surface area contributed by atoms with Crippen molar-refractivity contribution in [1.29, 1.82) is 0 Å². The average Bonchev–Trinajstić information content (AvgIpc) is 2.95. The fourth-order valence-corrected chi connectivity index (χ4v) is 4.12. The number of methoxy groups -OCH3 is 1. The molecule has 2 heterocycles. The van der Waals surface area contributed by atoms with Gasteiger partial charge in [0.2, 0.25) is 0 Å². The molecule has 0 spiro atoms. The average molecular weight is 377 g/mol. The minimum Gasteiger partial charge on any atom is -0.493 e. The lowest BCUT2D eigenvalue weighted by Crippen LogP contribution is -2.45. The Balaban J connectivity index is 0.00000192. The van der Waals surface area contributed by atoms with Crippen LogP contribution in [0.5, 0.6) is 5.75 Å². The highest BCUT2D eigenvalue weighted by molar-refractivity contribution is 7.16. The number of benzene rings is 1. The highest BCUT2D eigenvalue weighted by Gasteiger charge is 2.28. The molecule has 0 bridgehead atoms. The van der Waals surface area contributed by atoms with Crippen LogP contribution in [0.2, 0.25) is 4.34 Å².